The van der Waals surface area contributed by atoms with Gasteiger partial charge in [-0.25, -0.2) is 0 Å². The molecule has 3 rings (SSSR count). The summed E-state index contributed by atoms with van der Waals surface area (Å²) in [6.07, 6.45) is 5.56. The molecular formula is C19H26N2O3. The molecule has 24 heavy (non-hydrogen) atoms. The summed E-state index contributed by atoms with van der Waals surface area (Å²) in [7, 11) is 0. The molecule has 2 aliphatic rings. The Hall–Kier alpha value is -2.04. The Morgan fingerprint density at radius 1 is 1.08 bits per heavy atom. The molecule has 5 nitrogen and oxygen atoms in total. The number of carbonyl (C=O) groups excluding carboxylic acids is 2. The Morgan fingerprint density at radius 2 is 1.88 bits per heavy atom. The van der Waals surface area contributed by atoms with E-state index in [9.17, 15) is 9.59 Å². The molecule has 0 spiro atoms. The number of hydrogen-bond donors (Lipinski definition) is 2. The molecule has 5 heteroatoms. The highest BCUT2D eigenvalue weighted by molar-refractivity contribution is 5.82. The van der Waals surface area contributed by atoms with Gasteiger partial charge in [0, 0.05) is 6.42 Å². The first kappa shape index (κ1) is 16.8. The van der Waals surface area contributed by atoms with E-state index in [4.69, 9.17) is 4.74 Å². The summed E-state index contributed by atoms with van der Waals surface area (Å²) >= 11 is 0. The molecule has 2 aliphatic carbocycles. The quantitative estimate of drug-likeness (QED) is 0.816. The average Bonchev–Trinajstić information content (AvgIpc) is 3.17. The van der Waals surface area contributed by atoms with Crippen molar-refractivity contribution in [3.8, 4) is 5.75 Å². The van der Waals surface area contributed by atoms with Crippen molar-refractivity contribution in [1.82, 2.24) is 10.9 Å². The zero-order valence-corrected chi connectivity index (χ0v) is 14.4. The SMILES string of the molecule is Cc1ccc(OCC(=O)NNC(=O)CC2CC3CCC2C3)cc1C. The number of benzene rings is 1. The Balaban J connectivity index is 1.36. The van der Waals surface area contributed by atoms with Gasteiger partial charge in [-0.3, -0.25) is 20.4 Å². The molecule has 2 saturated carbocycles. The number of hydrogen-bond acceptors (Lipinski definition) is 3. The topological polar surface area (TPSA) is 67.4 Å². The molecule has 0 aliphatic heterocycles. The highest BCUT2D eigenvalue weighted by atomic mass is 16.5. The monoisotopic (exact) mass is 330 g/mol. The Kier molecular flexibility index (Phi) is 5.07. The highest BCUT2D eigenvalue weighted by Gasteiger charge is 2.40. The number of aryl methyl sites for hydroxylation is 2. The van der Waals surface area contributed by atoms with Crippen molar-refractivity contribution in [2.75, 3.05) is 6.61 Å². The fraction of sp³-hybridized carbons (Fsp3) is 0.579. The standard InChI is InChI=1S/C19H26N2O3/c1-12-3-6-17(7-13(12)2)24-11-19(23)21-20-18(22)10-16-9-14-4-5-15(16)8-14/h3,6-7,14-16H,4-5,8-11H2,1-2H3,(H,20,22)(H,21,23). The van der Waals surface area contributed by atoms with Gasteiger partial charge in [0.1, 0.15) is 5.75 Å². The first-order valence-corrected chi connectivity index (χ1v) is 8.79. The van der Waals surface area contributed by atoms with Gasteiger partial charge in [-0.2, -0.15) is 0 Å². The van der Waals surface area contributed by atoms with E-state index in [1.54, 1.807) is 0 Å². The maximum absolute atomic E-state index is 12.0. The molecular weight excluding hydrogens is 304 g/mol. The van der Waals surface area contributed by atoms with E-state index in [0.29, 0.717) is 24.0 Å². The third-order valence-electron chi connectivity index (χ3n) is 5.52. The second kappa shape index (κ2) is 7.24. The lowest BCUT2D eigenvalue weighted by molar-refractivity contribution is -0.130. The van der Waals surface area contributed by atoms with Crippen LogP contribution in [0.3, 0.4) is 0 Å². The van der Waals surface area contributed by atoms with E-state index < -0.39 is 0 Å². The second-order valence-electron chi connectivity index (χ2n) is 7.27. The largest absolute Gasteiger partial charge is 0.484 e. The van der Waals surface area contributed by atoms with Crippen LogP contribution >= 0.6 is 0 Å². The maximum atomic E-state index is 12.0. The number of fused-ring (bicyclic) bond motifs is 2. The van der Waals surface area contributed by atoms with Gasteiger partial charge in [0.25, 0.3) is 5.91 Å². The third kappa shape index (κ3) is 4.08. The summed E-state index contributed by atoms with van der Waals surface area (Å²) in [5, 5.41) is 0. The van der Waals surface area contributed by atoms with Crippen LogP contribution in [0.4, 0.5) is 0 Å². The second-order valence-corrected chi connectivity index (χ2v) is 7.27. The fourth-order valence-electron chi connectivity index (χ4n) is 4.04. The number of nitrogens with one attached hydrogen (secondary N) is 2. The van der Waals surface area contributed by atoms with Gasteiger partial charge >= 0.3 is 0 Å². The number of rotatable bonds is 5. The van der Waals surface area contributed by atoms with Crippen LogP contribution in [-0.2, 0) is 9.59 Å². The normalized spacial score (nSPS) is 24.7. The molecule has 1 aromatic rings. The Bertz CT molecular complexity index is 629. The van der Waals surface area contributed by atoms with Crippen molar-refractivity contribution < 1.29 is 14.3 Å². The molecule has 2 amide bonds. The molecule has 0 aromatic heterocycles. The molecule has 3 atom stereocenters. The number of amides is 2. The Labute approximate surface area is 143 Å². The van der Waals surface area contributed by atoms with Crippen LogP contribution in [0.1, 0.15) is 43.2 Å². The highest BCUT2D eigenvalue weighted by Crippen LogP contribution is 2.49. The maximum Gasteiger partial charge on any atom is 0.276 e. The number of carbonyl (C=O) groups is 2. The van der Waals surface area contributed by atoms with Crippen molar-refractivity contribution in [3.05, 3.63) is 29.3 Å². The van der Waals surface area contributed by atoms with Gasteiger partial charge in [0.15, 0.2) is 6.61 Å². The van der Waals surface area contributed by atoms with Crippen molar-refractivity contribution in [3.63, 3.8) is 0 Å². The molecule has 2 bridgehead atoms. The summed E-state index contributed by atoms with van der Waals surface area (Å²) in [5.74, 6) is 2.23. The zero-order chi connectivity index (χ0) is 17.1. The number of hydrazine groups is 1. The van der Waals surface area contributed by atoms with E-state index in [1.165, 1.54) is 31.2 Å². The summed E-state index contributed by atoms with van der Waals surface area (Å²) < 4.78 is 5.45. The molecule has 3 unspecified atom stereocenters. The third-order valence-corrected chi connectivity index (χ3v) is 5.52. The first-order chi connectivity index (χ1) is 11.5. The van der Waals surface area contributed by atoms with Gasteiger partial charge in [0.05, 0.1) is 0 Å². The van der Waals surface area contributed by atoms with E-state index >= 15 is 0 Å². The van der Waals surface area contributed by atoms with Crippen molar-refractivity contribution >= 4 is 11.8 Å². The van der Waals surface area contributed by atoms with E-state index in [-0.39, 0.29) is 18.4 Å². The van der Waals surface area contributed by atoms with Crippen molar-refractivity contribution in [1.29, 1.82) is 0 Å². The summed E-state index contributed by atoms with van der Waals surface area (Å²) in [6.45, 7) is 3.91. The predicted molar refractivity (Wildman–Crippen MR) is 91.3 cm³/mol. The van der Waals surface area contributed by atoms with E-state index in [2.05, 4.69) is 10.9 Å². The van der Waals surface area contributed by atoms with Crippen molar-refractivity contribution in [2.45, 2.75) is 46.0 Å². The van der Waals surface area contributed by atoms with E-state index in [1.807, 2.05) is 32.0 Å². The molecule has 0 saturated heterocycles. The average molecular weight is 330 g/mol. The van der Waals surface area contributed by atoms with Gasteiger partial charge in [-0.15, -0.1) is 0 Å². The van der Waals surface area contributed by atoms with Crippen molar-refractivity contribution in [2.24, 2.45) is 17.8 Å². The summed E-state index contributed by atoms with van der Waals surface area (Å²) in [6, 6.07) is 5.69. The van der Waals surface area contributed by atoms with Crippen LogP contribution < -0.4 is 15.6 Å². The minimum absolute atomic E-state index is 0.105. The van der Waals surface area contributed by atoms with Gasteiger partial charge in [-0.05, 0) is 74.1 Å². The van der Waals surface area contributed by atoms with Crippen LogP contribution in [0.15, 0.2) is 18.2 Å². The van der Waals surface area contributed by atoms with E-state index in [0.717, 1.165) is 11.5 Å². The predicted octanol–water partition coefficient (Wildman–Crippen LogP) is 2.66. The smallest absolute Gasteiger partial charge is 0.276 e. The van der Waals surface area contributed by atoms with Gasteiger partial charge < -0.3 is 4.74 Å². The van der Waals surface area contributed by atoms with Gasteiger partial charge in [0.2, 0.25) is 5.91 Å². The lowest BCUT2D eigenvalue weighted by Crippen LogP contribution is -2.44. The molecule has 130 valence electrons. The lowest BCUT2D eigenvalue weighted by Gasteiger charge is -2.20. The molecule has 0 radical (unpaired) electrons. The van der Waals surface area contributed by atoms with Crippen LogP contribution in [0.5, 0.6) is 5.75 Å². The lowest BCUT2D eigenvalue weighted by atomic mass is 9.86. The molecule has 2 N–H and O–H groups in total. The van der Waals surface area contributed by atoms with Gasteiger partial charge in [-0.1, -0.05) is 12.5 Å². The van der Waals surface area contributed by atoms with Crippen LogP contribution in [0.2, 0.25) is 0 Å². The zero-order valence-electron chi connectivity index (χ0n) is 14.4. The Morgan fingerprint density at radius 3 is 2.54 bits per heavy atom. The minimum Gasteiger partial charge on any atom is -0.484 e. The first-order valence-electron chi connectivity index (χ1n) is 8.79. The molecule has 1 aromatic carbocycles. The molecule has 2 fully saturated rings. The summed E-state index contributed by atoms with van der Waals surface area (Å²) in [5.41, 5.74) is 7.24. The van der Waals surface area contributed by atoms with Crippen LogP contribution in [-0.4, -0.2) is 18.4 Å². The van der Waals surface area contributed by atoms with Crippen LogP contribution in [0.25, 0.3) is 0 Å². The number of ether oxygens (including phenoxy) is 1. The summed E-state index contributed by atoms with van der Waals surface area (Å²) in [4.78, 5) is 23.8. The minimum atomic E-state index is -0.352. The van der Waals surface area contributed by atoms with Crippen LogP contribution in [0, 0.1) is 31.6 Å². The fourth-order valence-corrected chi connectivity index (χ4v) is 4.04. The molecule has 0 heterocycles.